The van der Waals surface area contributed by atoms with Gasteiger partial charge in [-0.15, -0.1) is 0 Å². The molecule has 1 aliphatic carbocycles. The molecule has 156 valence electrons. The normalized spacial score (nSPS) is 22.0. The van der Waals surface area contributed by atoms with Gasteiger partial charge >= 0.3 is 0 Å². The van der Waals surface area contributed by atoms with Crippen molar-refractivity contribution < 1.29 is 14.4 Å². The summed E-state index contributed by atoms with van der Waals surface area (Å²) in [5.41, 5.74) is 3.88. The monoisotopic (exact) mass is 405 g/mol. The van der Waals surface area contributed by atoms with E-state index in [1.807, 2.05) is 32.0 Å². The Morgan fingerprint density at radius 3 is 2.53 bits per heavy atom. The Morgan fingerprint density at radius 1 is 1.23 bits per heavy atom. The van der Waals surface area contributed by atoms with Gasteiger partial charge in [-0.05, 0) is 68.0 Å². The first-order valence-corrected chi connectivity index (χ1v) is 10.5. The smallest absolute Gasteiger partial charge is 0.251 e. The third-order valence-electron chi connectivity index (χ3n) is 6.40. The predicted octanol–water partition coefficient (Wildman–Crippen LogP) is 3.35. The minimum atomic E-state index is -0.767. The van der Waals surface area contributed by atoms with E-state index in [0.29, 0.717) is 18.0 Å². The molecule has 0 bridgehead atoms. The summed E-state index contributed by atoms with van der Waals surface area (Å²) in [6.45, 7) is 6.19. The molecule has 1 saturated heterocycles. The second-order valence-corrected chi connectivity index (χ2v) is 8.83. The molecule has 2 aliphatic rings. The Balaban J connectivity index is 1.41. The average molecular weight is 405 g/mol. The van der Waals surface area contributed by atoms with Crippen LogP contribution < -0.4 is 10.6 Å². The first-order chi connectivity index (χ1) is 14.3. The van der Waals surface area contributed by atoms with Gasteiger partial charge in [-0.25, -0.2) is 0 Å². The highest BCUT2D eigenvalue weighted by molar-refractivity contribution is 6.06. The van der Waals surface area contributed by atoms with E-state index in [1.54, 1.807) is 12.1 Å². The minimum Gasteiger partial charge on any atom is -0.346 e. The summed E-state index contributed by atoms with van der Waals surface area (Å²) in [5, 5.41) is 5.33. The van der Waals surface area contributed by atoms with E-state index < -0.39 is 5.41 Å². The molecule has 1 unspecified atom stereocenters. The number of hydrogen-bond acceptors (Lipinski definition) is 4. The molecule has 2 atom stereocenters. The molecule has 1 aromatic heterocycles. The molecule has 6 nitrogen and oxygen atoms in total. The van der Waals surface area contributed by atoms with Crippen molar-refractivity contribution in [2.24, 2.45) is 5.41 Å². The number of aryl methyl sites for hydroxylation is 1. The summed E-state index contributed by atoms with van der Waals surface area (Å²) in [6, 6.07) is 11.4. The number of rotatable bonds is 6. The average Bonchev–Trinajstić information content (AvgIpc) is 3.52. The van der Waals surface area contributed by atoms with Crippen LogP contribution in [0, 0.1) is 12.3 Å². The second kappa shape index (κ2) is 7.67. The standard InChI is InChI=1S/C24H27N3O3/c1-14-10-19(26-20(11-14)17-6-7-17)13-25-22(29)18-8-4-16(5-9-18)15(2)24(3)12-21(28)27-23(24)30/h4-5,8-11,15,17H,6-7,12-13H2,1-3H3,(H,25,29)(H,27,28,30)/t15?,24-/m0/s1. The third kappa shape index (κ3) is 3.99. The first kappa shape index (κ1) is 20.3. The minimum absolute atomic E-state index is 0.140. The van der Waals surface area contributed by atoms with Crippen molar-refractivity contribution in [2.75, 3.05) is 0 Å². The van der Waals surface area contributed by atoms with Crippen molar-refractivity contribution in [2.45, 2.75) is 58.4 Å². The van der Waals surface area contributed by atoms with E-state index in [1.165, 1.54) is 12.8 Å². The van der Waals surface area contributed by atoms with Crippen molar-refractivity contribution in [1.82, 2.24) is 15.6 Å². The highest BCUT2D eigenvalue weighted by Gasteiger charge is 2.46. The molecule has 2 N–H and O–H groups in total. The predicted molar refractivity (Wildman–Crippen MR) is 113 cm³/mol. The summed E-state index contributed by atoms with van der Waals surface area (Å²) >= 11 is 0. The Bertz CT molecular complexity index is 1010. The molecule has 2 heterocycles. The number of carbonyl (C=O) groups excluding carboxylic acids is 3. The van der Waals surface area contributed by atoms with E-state index in [-0.39, 0.29) is 30.1 Å². The van der Waals surface area contributed by atoms with Gasteiger partial charge in [0.2, 0.25) is 11.8 Å². The Labute approximate surface area is 176 Å². The van der Waals surface area contributed by atoms with E-state index in [2.05, 4.69) is 28.6 Å². The van der Waals surface area contributed by atoms with Gasteiger partial charge in [0.25, 0.3) is 5.91 Å². The van der Waals surface area contributed by atoms with E-state index in [4.69, 9.17) is 0 Å². The topological polar surface area (TPSA) is 88.2 Å². The lowest BCUT2D eigenvalue weighted by Crippen LogP contribution is -2.33. The molecule has 2 fully saturated rings. The Morgan fingerprint density at radius 2 is 1.93 bits per heavy atom. The zero-order valence-electron chi connectivity index (χ0n) is 17.6. The summed E-state index contributed by atoms with van der Waals surface area (Å²) < 4.78 is 0. The summed E-state index contributed by atoms with van der Waals surface area (Å²) in [5.74, 6) is -0.199. The molecule has 0 radical (unpaired) electrons. The fourth-order valence-electron chi connectivity index (χ4n) is 4.09. The van der Waals surface area contributed by atoms with Gasteiger partial charge in [-0.3, -0.25) is 24.7 Å². The van der Waals surface area contributed by atoms with Crippen LogP contribution in [0.2, 0.25) is 0 Å². The summed E-state index contributed by atoms with van der Waals surface area (Å²) in [7, 11) is 0. The lowest BCUT2D eigenvalue weighted by atomic mass is 9.73. The number of aromatic nitrogens is 1. The van der Waals surface area contributed by atoms with Crippen molar-refractivity contribution in [1.29, 1.82) is 0 Å². The molecule has 3 amide bonds. The number of pyridine rings is 1. The summed E-state index contributed by atoms with van der Waals surface area (Å²) in [4.78, 5) is 41.1. The molecule has 30 heavy (non-hydrogen) atoms. The number of imide groups is 1. The van der Waals surface area contributed by atoms with Gasteiger partial charge in [0, 0.05) is 23.6 Å². The van der Waals surface area contributed by atoms with Crippen molar-refractivity contribution in [3.8, 4) is 0 Å². The third-order valence-corrected chi connectivity index (χ3v) is 6.40. The maximum Gasteiger partial charge on any atom is 0.251 e. The largest absolute Gasteiger partial charge is 0.346 e. The Hall–Kier alpha value is -3.02. The number of hydrogen-bond donors (Lipinski definition) is 2. The van der Waals surface area contributed by atoms with Crippen molar-refractivity contribution in [3.63, 3.8) is 0 Å². The van der Waals surface area contributed by atoms with E-state index >= 15 is 0 Å². The highest BCUT2D eigenvalue weighted by Crippen LogP contribution is 2.41. The molecule has 1 saturated carbocycles. The van der Waals surface area contributed by atoms with Crippen LogP contribution in [0.15, 0.2) is 36.4 Å². The van der Waals surface area contributed by atoms with Gasteiger partial charge in [0.15, 0.2) is 0 Å². The van der Waals surface area contributed by atoms with Crippen LogP contribution in [-0.4, -0.2) is 22.7 Å². The van der Waals surface area contributed by atoms with Gasteiger partial charge in [0.05, 0.1) is 17.7 Å². The molecule has 0 spiro atoms. The number of nitrogens with zero attached hydrogens (tertiary/aromatic N) is 1. The van der Waals surface area contributed by atoms with Gasteiger partial charge in [0.1, 0.15) is 0 Å². The van der Waals surface area contributed by atoms with E-state index in [0.717, 1.165) is 22.5 Å². The van der Waals surface area contributed by atoms with Gasteiger partial charge < -0.3 is 5.32 Å². The van der Waals surface area contributed by atoms with Crippen LogP contribution in [0.3, 0.4) is 0 Å². The Kier molecular flexibility index (Phi) is 5.18. The van der Waals surface area contributed by atoms with E-state index in [9.17, 15) is 14.4 Å². The maximum atomic E-state index is 12.6. The molecule has 1 aliphatic heterocycles. The zero-order valence-corrected chi connectivity index (χ0v) is 17.6. The van der Waals surface area contributed by atoms with Crippen LogP contribution in [0.1, 0.15) is 77.8 Å². The van der Waals surface area contributed by atoms with Crippen LogP contribution in [0.5, 0.6) is 0 Å². The highest BCUT2D eigenvalue weighted by atomic mass is 16.2. The zero-order chi connectivity index (χ0) is 21.5. The quantitative estimate of drug-likeness (QED) is 0.722. The second-order valence-electron chi connectivity index (χ2n) is 8.83. The SMILES string of the molecule is Cc1cc(CNC(=O)c2ccc(C(C)[C@]3(C)CC(=O)NC3=O)cc2)nc(C2CC2)c1. The van der Waals surface area contributed by atoms with Crippen LogP contribution in [-0.2, 0) is 16.1 Å². The fourth-order valence-corrected chi connectivity index (χ4v) is 4.09. The van der Waals surface area contributed by atoms with Crippen molar-refractivity contribution >= 4 is 17.7 Å². The first-order valence-electron chi connectivity index (χ1n) is 10.5. The van der Waals surface area contributed by atoms with Crippen LogP contribution in [0.4, 0.5) is 0 Å². The molecule has 6 heteroatoms. The molecule has 1 aromatic carbocycles. The molecule has 2 aromatic rings. The number of amides is 3. The number of benzene rings is 1. The number of carbonyl (C=O) groups is 3. The van der Waals surface area contributed by atoms with Crippen molar-refractivity contribution in [3.05, 3.63) is 64.5 Å². The fraction of sp³-hybridized carbons (Fsp3) is 0.417. The molecular weight excluding hydrogens is 378 g/mol. The maximum absolute atomic E-state index is 12.6. The van der Waals surface area contributed by atoms with Gasteiger partial charge in [-0.1, -0.05) is 19.1 Å². The summed E-state index contributed by atoms with van der Waals surface area (Å²) in [6.07, 6.45) is 2.57. The molecular formula is C24H27N3O3. The van der Waals surface area contributed by atoms with Crippen LogP contribution >= 0.6 is 0 Å². The van der Waals surface area contributed by atoms with Gasteiger partial charge in [-0.2, -0.15) is 0 Å². The lowest BCUT2D eigenvalue weighted by Gasteiger charge is -2.28. The number of nitrogens with one attached hydrogen (secondary N) is 2. The van der Waals surface area contributed by atoms with Crippen LogP contribution in [0.25, 0.3) is 0 Å². The molecule has 4 rings (SSSR count). The lowest BCUT2D eigenvalue weighted by molar-refractivity contribution is -0.128.